The Morgan fingerprint density at radius 2 is 1.65 bits per heavy atom. The molecule has 1 aromatic carbocycles. The molecule has 124 valence electrons. The molecule has 2 rings (SSSR count). The molecule has 0 N–H and O–H groups in total. The third-order valence-electron chi connectivity index (χ3n) is 4.48. The highest BCUT2D eigenvalue weighted by Crippen LogP contribution is 2.38. The molecule has 5 heteroatoms. The zero-order valence-corrected chi connectivity index (χ0v) is 14.6. The van der Waals surface area contributed by atoms with Crippen LogP contribution in [0.15, 0.2) is 36.3 Å². The number of benzene rings is 1. The molecule has 1 saturated heterocycles. The van der Waals surface area contributed by atoms with Crippen LogP contribution in [-0.2, 0) is 20.5 Å². The molecule has 1 aliphatic heterocycles. The number of ether oxygens (including phenoxy) is 1. The average molecular weight is 316 g/mol. The van der Waals surface area contributed by atoms with E-state index in [0.29, 0.717) is 18.6 Å². The van der Waals surface area contributed by atoms with Crippen LogP contribution < -0.4 is 0 Å². The number of hydrogen-bond donors (Lipinski definition) is 0. The lowest BCUT2D eigenvalue weighted by molar-refractivity contribution is 0.00578. The number of carbonyl (C=O) groups excluding carboxylic acids is 1. The van der Waals surface area contributed by atoms with Crippen LogP contribution in [0.1, 0.15) is 50.5 Å². The summed E-state index contributed by atoms with van der Waals surface area (Å²) in [4.78, 5) is 11.7. The Balaban J connectivity index is 2.00. The van der Waals surface area contributed by atoms with Crippen molar-refractivity contribution in [2.75, 3.05) is 6.61 Å². The Bertz CT molecular complexity index is 574. The molecule has 0 spiro atoms. The second-order valence-electron chi connectivity index (χ2n) is 6.84. The van der Waals surface area contributed by atoms with Gasteiger partial charge in [0.2, 0.25) is 0 Å². The van der Waals surface area contributed by atoms with Gasteiger partial charge in [-0.15, -0.1) is 6.58 Å². The minimum absolute atomic E-state index is 0.302. The number of allylic oxidation sites excluding steroid dienone is 1. The van der Waals surface area contributed by atoms with E-state index >= 15 is 0 Å². The first-order chi connectivity index (χ1) is 10.7. The quantitative estimate of drug-likeness (QED) is 0.615. The predicted octanol–water partition coefficient (Wildman–Crippen LogP) is 3.59. The van der Waals surface area contributed by atoms with Crippen LogP contribution >= 0.6 is 0 Å². The van der Waals surface area contributed by atoms with Gasteiger partial charge in [0, 0.05) is 0 Å². The van der Waals surface area contributed by atoms with Crippen molar-refractivity contribution in [1.29, 1.82) is 0 Å². The molecule has 0 unspecified atom stereocenters. The van der Waals surface area contributed by atoms with E-state index in [-0.39, 0.29) is 17.2 Å². The van der Waals surface area contributed by atoms with Crippen molar-refractivity contribution in [3.8, 4) is 0 Å². The molecule has 0 atom stereocenters. The van der Waals surface area contributed by atoms with Gasteiger partial charge in [0.05, 0.1) is 23.4 Å². The first-order valence-corrected chi connectivity index (χ1v) is 7.95. The van der Waals surface area contributed by atoms with Crippen LogP contribution in [0.5, 0.6) is 0 Å². The van der Waals surface area contributed by atoms with Crippen LogP contribution in [0, 0.1) is 0 Å². The molecule has 23 heavy (non-hydrogen) atoms. The average Bonchev–Trinajstić information content (AvgIpc) is 2.68. The van der Waals surface area contributed by atoms with Crippen LogP contribution in [0.3, 0.4) is 0 Å². The van der Waals surface area contributed by atoms with E-state index in [1.165, 1.54) is 0 Å². The van der Waals surface area contributed by atoms with Gasteiger partial charge in [0.25, 0.3) is 0 Å². The Morgan fingerprint density at radius 1 is 1.13 bits per heavy atom. The smallest absolute Gasteiger partial charge is 0.462 e. The number of rotatable bonds is 5. The van der Waals surface area contributed by atoms with E-state index in [9.17, 15) is 4.79 Å². The van der Waals surface area contributed by atoms with Gasteiger partial charge in [-0.1, -0.05) is 12.1 Å². The molecule has 0 amide bonds. The van der Waals surface area contributed by atoms with E-state index in [4.69, 9.17) is 14.0 Å². The summed E-state index contributed by atoms with van der Waals surface area (Å²) in [5, 5.41) is 0. The lowest BCUT2D eigenvalue weighted by Crippen LogP contribution is -2.41. The second-order valence-corrected chi connectivity index (χ2v) is 6.84. The summed E-state index contributed by atoms with van der Waals surface area (Å²) in [5.41, 5.74) is 1.74. The zero-order valence-electron chi connectivity index (χ0n) is 14.6. The molecule has 0 aliphatic carbocycles. The van der Waals surface area contributed by atoms with Gasteiger partial charge in [-0.25, -0.2) is 4.79 Å². The molecule has 0 radical (unpaired) electrons. The van der Waals surface area contributed by atoms with Crippen LogP contribution in [-0.4, -0.2) is 30.9 Å². The SMILES string of the molecule is C=C(Cc1ccc(C(=O)OCC)cc1)B1OC(C)(C)C(C)(C)O1. The van der Waals surface area contributed by atoms with Gasteiger partial charge in [-0.05, 0) is 64.2 Å². The lowest BCUT2D eigenvalue weighted by atomic mass is 9.76. The van der Waals surface area contributed by atoms with Gasteiger partial charge >= 0.3 is 13.1 Å². The molecule has 0 saturated carbocycles. The van der Waals surface area contributed by atoms with E-state index in [2.05, 4.69) is 6.58 Å². The lowest BCUT2D eigenvalue weighted by Gasteiger charge is -2.32. The summed E-state index contributed by atoms with van der Waals surface area (Å²) in [6.07, 6.45) is 0.639. The monoisotopic (exact) mass is 316 g/mol. The molecule has 1 aliphatic rings. The van der Waals surface area contributed by atoms with E-state index in [1.54, 1.807) is 19.1 Å². The Labute approximate surface area is 139 Å². The number of carbonyl (C=O) groups is 1. The van der Waals surface area contributed by atoms with E-state index in [1.807, 2.05) is 39.8 Å². The number of esters is 1. The molecule has 1 heterocycles. The topological polar surface area (TPSA) is 44.8 Å². The van der Waals surface area contributed by atoms with Crippen molar-refractivity contribution >= 4 is 13.1 Å². The highest BCUT2D eigenvalue weighted by atomic mass is 16.7. The first kappa shape index (κ1) is 17.8. The fraction of sp³-hybridized carbons (Fsp3) is 0.500. The highest BCUT2D eigenvalue weighted by molar-refractivity contribution is 6.54. The molecule has 0 bridgehead atoms. The maximum Gasteiger partial charge on any atom is 0.490 e. The summed E-state index contributed by atoms with van der Waals surface area (Å²) in [7, 11) is -0.412. The normalized spacial score (nSPS) is 18.7. The summed E-state index contributed by atoms with van der Waals surface area (Å²) in [6.45, 7) is 14.4. The van der Waals surface area contributed by atoms with Gasteiger partial charge in [-0.3, -0.25) is 0 Å². The molecule has 4 nitrogen and oxygen atoms in total. The van der Waals surface area contributed by atoms with Gasteiger partial charge in [0.15, 0.2) is 0 Å². The minimum Gasteiger partial charge on any atom is -0.462 e. The Kier molecular flexibility index (Phi) is 5.02. The largest absolute Gasteiger partial charge is 0.490 e. The molecule has 1 aromatic rings. The molecule has 1 fully saturated rings. The second kappa shape index (κ2) is 6.50. The van der Waals surface area contributed by atoms with E-state index < -0.39 is 7.12 Å². The van der Waals surface area contributed by atoms with Crippen molar-refractivity contribution in [3.63, 3.8) is 0 Å². The molecular formula is C18H25BO4. The van der Waals surface area contributed by atoms with Gasteiger partial charge in [0.1, 0.15) is 0 Å². The minimum atomic E-state index is -0.412. The van der Waals surface area contributed by atoms with Crippen molar-refractivity contribution < 1.29 is 18.8 Å². The summed E-state index contributed by atoms with van der Waals surface area (Å²) >= 11 is 0. The Hall–Kier alpha value is -1.59. The van der Waals surface area contributed by atoms with Crippen molar-refractivity contribution in [2.24, 2.45) is 0 Å². The Morgan fingerprint density at radius 3 is 2.13 bits per heavy atom. The summed E-state index contributed by atoms with van der Waals surface area (Å²) in [6, 6.07) is 7.35. The fourth-order valence-electron chi connectivity index (χ4n) is 2.33. The third kappa shape index (κ3) is 3.85. The zero-order chi connectivity index (χ0) is 17.3. The number of hydrogen-bond acceptors (Lipinski definition) is 4. The van der Waals surface area contributed by atoms with Gasteiger partial charge < -0.3 is 14.0 Å². The van der Waals surface area contributed by atoms with Crippen molar-refractivity contribution in [3.05, 3.63) is 47.4 Å². The predicted molar refractivity (Wildman–Crippen MR) is 91.3 cm³/mol. The molecule has 0 aromatic heterocycles. The van der Waals surface area contributed by atoms with Crippen LogP contribution in [0.4, 0.5) is 0 Å². The summed E-state index contributed by atoms with van der Waals surface area (Å²) in [5.74, 6) is -0.302. The molecular weight excluding hydrogens is 291 g/mol. The summed E-state index contributed by atoms with van der Waals surface area (Å²) < 4.78 is 17.0. The van der Waals surface area contributed by atoms with Gasteiger partial charge in [-0.2, -0.15) is 0 Å². The van der Waals surface area contributed by atoms with Crippen LogP contribution in [0.25, 0.3) is 0 Å². The van der Waals surface area contributed by atoms with Crippen LogP contribution in [0.2, 0.25) is 0 Å². The maximum atomic E-state index is 11.7. The fourth-order valence-corrected chi connectivity index (χ4v) is 2.33. The maximum absolute atomic E-state index is 11.7. The van der Waals surface area contributed by atoms with Crippen molar-refractivity contribution in [1.82, 2.24) is 0 Å². The van der Waals surface area contributed by atoms with E-state index in [0.717, 1.165) is 11.0 Å². The standard InChI is InChI=1S/C18H25BO4/c1-7-21-16(20)15-10-8-14(9-11-15)12-13(2)19-22-17(3,4)18(5,6)23-19/h8-11H,2,7,12H2,1,3-6H3. The first-order valence-electron chi connectivity index (χ1n) is 7.95. The third-order valence-corrected chi connectivity index (χ3v) is 4.48. The highest BCUT2D eigenvalue weighted by Gasteiger charge is 2.51. The van der Waals surface area contributed by atoms with Crippen molar-refractivity contribution in [2.45, 2.75) is 52.2 Å².